The zero-order valence-electron chi connectivity index (χ0n) is 16.3. The van der Waals surface area contributed by atoms with Crippen LogP contribution in [0.2, 0.25) is 0 Å². The van der Waals surface area contributed by atoms with Gasteiger partial charge in [0.15, 0.2) is 10.8 Å². The molecule has 28 heavy (non-hydrogen) atoms. The third-order valence-corrected chi connectivity index (χ3v) is 4.87. The third-order valence-electron chi connectivity index (χ3n) is 4.03. The molecule has 0 spiro atoms. The highest BCUT2D eigenvalue weighted by Gasteiger charge is 2.15. The van der Waals surface area contributed by atoms with Crippen molar-refractivity contribution in [3.05, 3.63) is 59.4 Å². The van der Waals surface area contributed by atoms with Gasteiger partial charge in [-0.1, -0.05) is 12.1 Å². The number of rotatable bonds is 8. The molecular formula is C21H24N4O2S. The highest BCUT2D eigenvalue weighted by molar-refractivity contribution is 7.13. The first kappa shape index (κ1) is 19.9. The Bertz CT molecular complexity index is 894. The van der Waals surface area contributed by atoms with Gasteiger partial charge in [0.25, 0.3) is 5.91 Å². The molecule has 3 rings (SSSR count). The van der Waals surface area contributed by atoms with Crippen LogP contribution in [0.4, 0.5) is 0 Å². The van der Waals surface area contributed by atoms with Gasteiger partial charge in [-0.05, 0) is 57.4 Å². The fraction of sp³-hybridized carbons (Fsp3) is 0.333. The summed E-state index contributed by atoms with van der Waals surface area (Å²) in [6.07, 6.45) is 5.21. The van der Waals surface area contributed by atoms with Crippen LogP contribution in [0.1, 0.15) is 43.2 Å². The van der Waals surface area contributed by atoms with Gasteiger partial charge in [0.1, 0.15) is 11.4 Å². The molecule has 1 N–H and O–H groups in total. The summed E-state index contributed by atoms with van der Waals surface area (Å²) in [5, 5.41) is 5.39. The molecule has 2 aromatic heterocycles. The molecule has 0 saturated heterocycles. The molecule has 146 valence electrons. The van der Waals surface area contributed by atoms with Crippen LogP contribution < -0.4 is 10.1 Å². The number of hydrogen-bond donors (Lipinski definition) is 1. The van der Waals surface area contributed by atoms with Crippen molar-refractivity contribution in [1.82, 2.24) is 20.3 Å². The number of aromatic nitrogens is 3. The smallest absolute Gasteiger partial charge is 0.270 e. The fourth-order valence-corrected chi connectivity index (χ4v) is 3.40. The first-order chi connectivity index (χ1) is 13.5. The van der Waals surface area contributed by atoms with Gasteiger partial charge in [-0.25, -0.2) is 15.0 Å². The second-order valence-corrected chi connectivity index (χ2v) is 7.69. The van der Waals surface area contributed by atoms with Crippen LogP contribution in [0, 0.1) is 0 Å². The fourth-order valence-electron chi connectivity index (χ4n) is 2.65. The van der Waals surface area contributed by atoms with Crippen molar-refractivity contribution >= 4 is 17.2 Å². The van der Waals surface area contributed by atoms with Crippen molar-refractivity contribution in [2.75, 3.05) is 0 Å². The summed E-state index contributed by atoms with van der Waals surface area (Å²) in [6.45, 7) is 6.02. The standard InChI is InChI=1S/C21H24N4O2S/c1-14(2)27-17-9-7-16(8-10-17)6-5-15(3)24-20(26)18-13-28-21(25-18)19-22-11-4-12-23-19/h4,7-15H,5-6H2,1-3H3,(H,24,26)/t15-/m0/s1. The molecule has 0 saturated carbocycles. The molecule has 0 aliphatic rings. The maximum Gasteiger partial charge on any atom is 0.270 e. The van der Waals surface area contributed by atoms with E-state index in [1.165, 1.54) is 16.9 Å². The van der Waals surface area contributed by atoms with Crippen LogP contribution in [-0.4, -0.2) is 33.0 Å². The number of nitrogens with zero attached hydrogens (tertiary/aromatic N) is 3. The Morgan fingerprint density at radius 2 is 1.86 bits per heavy atom. The van der Waals surface area contributed by atoms with Gasteiger partial charge >= 0.3 is 0 Å². The van der Waals surface area contributed by atoms with Gasteiger partial charge in [0, 0.05) is 23.8 Å². The van der Waals surface area contributed by atoms with Gasteiger partial charge in [-0.3, -0.25) is 4.79 Å². The van der Waals surface area contributed by atoms with E-state index in [1.807, 2.05) is 32.9 Å². The summed E-state index contributed by atoms with van der Waals surface area (Å²) >= 11 is 1.36. The summed E-state index contributed by atoms with van der Waals surface area (Å²) in [6, 6.07) is 9.90. The molecule has 1 amide bonds. The second-order valence-electron chi connectivity index (χ2n) is 6.83. The summed E-state index contributed by atoms with van der Waals surface area (Å²) in [7, 11) is 0. The van der Waals surface area contributed by atoms with Crippen molar-refractivity contribution in [3.63, 3.8) is 0 Å². The second kappa shape index (κ2) is 9.41. The predicted octanol–water partition coefficient (Wildman–Crippen LogP) is 4.14. The van der Waals surface area contributed by atoms with Crippen molar-refractivity contribution in [2.45, 2.75) is 45.8 Å². The van der Waals surface area contributed by atoms with Gasteiger partial charge in [-0.15, -0.1) is 11.3 Å². The minimum Gasteiger partial charge on any atom is -0.491 e. The monoisotopic (exact) mass is 396 g/mol. The van der Waals surface area contributed by atoms with E-state index >= 15 is 0 Å². The molecule has 0 unspecified atom stereocenters. The number of thiazole rings is 1. The molecule has 0 bridgehead atoms. The van der Waals surface area contributed by atoms with Crippen LogP contribution in [0.3, 0.4) is 0 Å². The molecule has 1 aromatic carbocycles. The predicted molar refractivity (Wildman–Crippen MR) is 111 cm³/mol. The van der Waals surface area contributed by atoms with Crippen molar-refractivity contribution in [1.29, 1.82) is 0 Å². The first-order valence-electron chi connectivity index (χ1n) is 9.30. The molecule has 1 atom stereocenters. The number of carbonyl (C=O) groups is 1. The van der Waals surface area contributed by atoms with E-state index in [9.17, 15) is 4.79 Å². The molecule has 0 aliphatic carbocycles. The molecule has 6 nitrogen and oxygen atoms in total. The highest BCUT2D eigenvalue weighted by atomic mass is 32.1. The van der Waals surface area contributed by atoms with Gasteiger partial charge in [-0.2, -0.15) is 0 Å². The maximum absolute atomic E-state index is 12.4. The van der Waals surface area contributed by atoms with E-state index in [0.29, 0.717) is 16.5 Å². The topological polar surface area (TPSA) is 77.0 Å². The molecule has 3 aromatic rings. The van der Waals surface area contributed by atoms with Crippen molar-refractivity contribution < 1.29 is 9.53 Å². The van der Waals surface area contributed by atoms with Crippen LogP contribution >= 0.6 is 11.3 Å². The lowest BCUT2D eigenvalue weighted by Gasteiger charge is -2.14. The Hall–Kier alpha value is -2.80. The van der Waals surface area contributed by atoms with E-state index in [0.717, 1.165) is 18.6 Å². The minimum atomic E-state index is -0.174. The number of ether oxygens (including phenoxy) is 1. The molecule has 0 aliphatic heterocycles. The van der Waals surface area contributed by atoms with Gasteiger partial charge in [0.2, 0.25) is 0 Å². The number of aryl methyl sites for hydroxylation is 1. The lowest BCUT2D eigenvalue weighted by Crippen LogP contribution is -2.33. The van der Waals surface area contributed by atoms with E-state index in [2.05, 4.69) is 32.4 Å². The number of benzene rings is 1. The number of carbonyl (C=O) groups excluding carboxylic acids is 1. The largest absolute Gasteiger partial charge is 0.491 e. The van der Waals surface area contributed by atoms with Crippen LogP contribution in [0.5, 0.6) is 5.75 Å². The number of nitrogens with one attached hydrogen (secondary N) is 1. The Balaban J connectivity index is 1.50. The Labute approximate surface area is 169 Å². The lowest BCUT2D eigenvalue weighted by molar-refractivity contribution is 0.0934. The minimum absolute atomic E-state index is 0.0391. The Kier molecular flexibility index (Phi) is 6.71. The average Bonchev–Trinajstić information content (AvgIpc) is 3.18. The summed E-state index contributed by atoms with van der Waals surface area (Å²) in [5.74, 6) is 1.23. The molecule has 0 fully saturated rings. The van der Waals surface area contributed by atoms with E-state index in [1.54, 1.807) is 23.8 Å². The molecular weight excluding hydrogens is 372 g/mol. The Morgan fingerprint density at radius 1 is 1.14 bits per heavy atom. The summed E-state index contributed by atoms with van der Waals surface area (Å²) in [5.41, 5.74) is 1.61. The van der Waals surface area contributed by atoms with E-state index in [4.69, 9.17) is 4.74 Å². The number of amides is 1. The van der Waals surface area contributed by atoms with Gasteiger partial charge in [0.05, 0.1) is 6.10 Å². The quantitative estimate of drug-likeness (QED) is 0.619. The lowest BCUT2D eigenvalue weighted by atomic mass is 10.1. The zero-order chi connectivity index (χ0) is 19.9. The molecule has 2 heterocycles. The van der Waals surface area contributed by atoms with Crippen molar-refractivity contribution in [3.8, 4) is 16.6 Å². The summed E-state index contributed by atoms with van der Waals surface area (Å²) < 4.78 is 5.66. The Morgan fingerprint density at radius 3 is 2.54 bits per heavy atom. The van der Waals surface area contributed by atoms with Crippen molar-refractivity contribution in [2.24, 2.45) is 0 Å². The number of hydrogen-bond acceptors (Lipinski definition) is 6. The van der Waals surface area contributed by atoms with E-state index in [-0.39, 0.29) is 18.1 Å². The summed E-state index contributed by atoms with van der Waals surface area (Å²) in [4.78, 5) is 25.1. The normalized spacial score (nSPS) is 12.0. The van der Waals surface area contributed by atoms with Crippen LogP contribution in [-0.2, 0) is 6.42 Å². The van der Waals surface area contributed by atoms with E-state index < -0.39 is 0 Å². The molecule has 7 heteroatoms. The zero-order valence-corrected chi connectivity index (χ0v) is 17.1. The SMILES string of the molecule is CC(C)Oc1ccc(CC[C@H](C)NC(=O)c2csc(-c3ncccn3)n2)cc1. The highest BCUT2D eigenvalue weighted by Crippen LogP contribution is 2.20. The maximum atomic E-state index is 12.4. The third kappa shape index (κ3) is 5.60. The molecule has 0 radical (unpaired) electrons. The first-order valence-corrected chi connectivity index (χ1v) is 10.2. The van der Waals surface area contributed by atoms with Gasteiger partial charge < -0.3 is 10.1 Å². The average molecular weight is 397 g/mol. The van der Waals surface area contributed by atoms with Crippen LogP contribution in [0.15, 0.2) is 48.1 Å². The van der Waals surface area contributed by atoms with Crippen LogP contribution in [0.25, 0.3) is 10.8 Å².